The first kappa shape index (κ1) is 20.3. The van der Waals surface area contributed by atoms with Gasteiger partial charge in [-0.1, -0.05) is 11.8 Å². The summed E-state index contributed by atoms with van der Waals surface area (Å²) < 4.78 is 26.0. The second-order valence-corrected chi connectivity index (χ2v) is 7.67. The molecule has 156 valence electrons. The van der Waals surface area contributed by atoms with E-state index < -0.39 is 0 Å². The van der Waals surface area contributed by atoms with Crippen molar-refractivity contribution in [3.63, 3.8) is 0 Å². The molecule has 0 unspecified atom stereocenters. The fourth-order valence-corrected chi connectivity index (χ4v) is 4.23. The average Bonchev–Trinajstić information content (AvgIpc) is 3.21. The van der Waals surface area contributed by atoms with Gasteiger partial charge in [0.2, 0.25) is 0 Å². The van der Waals surface area contributed by atoms with Crippen molar-refractivity contribution in [1.29, 1.82) is 0 Å². The molecule has 1 aliphatic heterocycles. The lowest BCUT2D eigenvalue weighted by Crippen LogP contribution is -2.37. The Hall–Kier alpha value is -3.00. The van der Waals surface area contributed by atoms with Crippen molar-refractivity contribution in [3.8, 4) is 17.2 Å². The van der Waals surface area contributed by atoms with Gasteiger partial charge in [0, 0.05) is 18.8 Å². The van der Waals surface area contributed by atoms with Gasteiger partial charge in [0.05, 0.1) is 20.4 Å². The smallest absolute Gasteiger partial charge is 0.272 e. The van der Waals surface area contributed by atoms with Crippen LogP contribution >= 0.6 is 11.8 Å². The highest BCUT2D eigenvalue weighted by molar-refractivity contribution is 7.98. The zero-order valence-corrected chi connectivity index (χ0v) is 17.8. The third-order valence-corrected chi connectivity index (χ3v) is 5.87. The van der Waals surface area contributed by atoms with Gasteiger partial charge in [-0.2, -0.15) is 0 Å². The Morgan fingerprint density at radius 3 is 2.40 bits per heavy atom. The monoisotopic (exact) mass is 427 g/mol. The van der Waals surface area contributed by atoms with Gasteiger partial charge in [-0.25, -0.2) is 9.37 Å². The molecule has 0 N–H and O–H groups in total. The molecule has 1 amide bonds. The lowest BCUT2D eigenvalue weighted by molar-refractivity contribution is 0.0725. The maximum atomic E-state index is 13.4. The number of rotatable bonds is 5. The molecule has 30 heavy (non-hydrogen) atoms. The topological polar surface area (TPSA) is 56.6 Å². The van der Waals surface area contributed by atoms with E-state index in [1.807, 2.05) is 18.4 Å². The van der Waals surface area contributed by atoms with Crippen LogP contribution in [0.25, 0.3) is 5.69 Å². The minimum atomic E-state index is -0.325. The highest BCUT2D eigenvalue weighted by Gasteiger charge is 2.27. The number of thioether (sulfide) groups is 1. The molecule has 0 saturated heterocycles. The summed E-state index contributed by atoms with van der Waals surface area (Å²) in [4.78, 5) is 19.6. The zero-order chi connectivity index (χ0) is 21.3. The Morgan fingerprint density at radius 1 is 1.10 bits per heavy atom. The van der Waals surface area contributed by atoms with Gasteiger partial charge >= 0.3 is 0 Å². The molecule has 0 bridgehead atoms. The van der Waals surface area contributed by atoms with Crippen LogP contribution in [0.15, 0.2) is 47.8 Å². The number of fused-ring (bicyclic) bond motifs is 1. The fourth-order valence-electron chi connectivity index (χ4n) is 3.69. The minimum absolute atomic E-state index is 0.118. The van der Waals surface area contributed by atoms with Crippen LogP contribution in [0.4, 0.5) is 4.39 Å². The van der Waals surface area contributed by atoms with Crippen LogP contribution in [0.5, 0.6) is 11.5 Å². The molecule has 3 aromatic rings. The number of halogens is 1. The molecular weight excluding hydrogens is 405 g/mol. The third-order valence-electron chi connectivity index (χ3n) is 5.22. The number of carbonyl (C=O) groups excluding carboxylic acids is 1. The highest BCUT2D eigenvalue weighted by atomic mass is 32.2. The number of carbonyl (C=O) groups is 1. The largest absolute Gasteiger partial charge is 0.493 e. The van der Waals surface area contributed by atoms with E-state index in [1.54, 1.807) is 42.0 Å². The fraction of sp³-hybridized carbons (Fsp3) is 0.273. The highest BCUT2D eigenvalue weighted by Crippen LogP contribution is 2.34. The van der Waals surface area contributed by atoms with Crippen LogP contribution in [0.3, 0.4) is 0 Å². The third kappa shape index (κ3) is 3.63. The van der Waals surface area contributed by atoms with Gasteiger partial charge < -0.3 is 14.4 Å². The number of benzene rings is 2. The summed E-state index contributed by atoms with van der Waals surface area (Å²) >= 11 is 1.43. The predicted octanol–water partition coefficient (Wildman–Crippen LogP) is 3.95. The van der Waals surface area contributed by atoms with Crippen molar-refractivity contribution in [1.82, 2.24) is 14.5 Å². The van der Waals surface area contributed by atoms with E-state index in [0.29, 0.717) is 41.1 Å². The van der Waals surface area contributed by atoms with E-state index in [9.17, 15) is 9.18 Å². The van der Waals surface area contributed by atoms with Gasteiger partial charge in [-0.3, -0.25) is 9.36 Å². The van der Waals surface area contributed by atoms with Gasteiger partial charge in [-0.05, 0) is 60.2 Å². The maximum absolute atomic E-state index is 13.4. The van der Waals surface area contributed by atoms with E-state index in [0.717, 1.165) is 17.5 Å². The molecule has 0 atom stereocenters. The van der Waals surface area contributed by atoms with Crippen LogP contribution in [-0.2, 0) is 13.0 Å². The first-order valence-electron chi connectivity index (χ1n) is 9.46. The summed E-state index contributed by atoms with van der Waals surface area (Å²) in [6.45, 7) is 1.06. The summed E-state index contributed by atoms with van der Waals surface area (Å²) in [6, 6.07) is 9.96. The summed E-state index contributed by atoms with van der Waals surface area (Å²) in [7, 11) is 3.21. The SMILES string of the molecule is COc1cc2c(cc1OC)CN(C(=O)c1cnc(SC)n1-c1ccc(F)cc1)CC2. The van der Waals surface area contributed by atoms with Crippen molar-refractivity contribution in [2.45, 2.75) is 18.1 Å². The average molecular weight is 428 g/mol. The van der Waals surface area contributed by atoms with E-state index >= 15 is 0 Å². The quantitative estimate of drug-likeness (QED) is 0.577. The molecule has 1 aromatic heterocycles. The van der Waals surface area contributed by atoms with Gasteiger partial charge in [0.25, 0.3) is 5.91 Å². The van der Waals surface area contributed by atoms with E-state index in [-0.39, 0.29) is 11.7 Å². The number of hydrogen-bond acceptors (Lipinski definition) is 5. The molecule has 2 heterocycles. The van der Waals surface area contributed by atoms with E-state index in [2.05, 4.69) is 4.98 Å². The summed E-state index contributed by atoms with van der Waals surface area (Å²) in [5, 5.41) is 0.675. The number of hydrogen-bond donors (Lipinski definition) is 0. The van der Waals surface area contributed by atoms with Crippen LogP contribution in [0, 0.1) is 5.82 Å². The molecule has 2 aromatic carbocycles. The van der Waals surface area contributed by atoms with E-state index in [4.69, 9.17) is 9.47 Å². The Bertz CT molecular complexity index is 1080. The first-order chi connectivity index (χ1) is 14.5. The summed E-state index contributed by atoms with van der Waals surface area (Å²) in [6.07, 6.45) is 4.20. The normalized spacial score (nSPS) is 13.1. The number of nitrogens with zero attached hydrogens (tertiary/aromatic N) is 3. The van der Waals surface area contributed by atoms with Crippen LogP contribution in [-0.4, -0.2) is 47.4 Å². The number of aromatic nitrogens is 2. The molecule has 0 fully saturated rings. The summed E-state index contributed by atoms with van der Waals surface area (Å²) in [5.41, 5.74) is 3.33. The Kier molecular flexibility index (Phi) is 5.67. The van der Waals surface area contributed by atoms with E-state index in [1.165, 1.54) is 23.9 Å². The van der Waals surface area contributed by atoms with Crippen molar-refractivity contribution in [2.24, 2.45) is 0 Å². The number of ether oxygens (including phenoxy) is 2. The molecule has 0 aliphatic carbocycles. The minimum Gasteiger partial charge on any atom is -0.493 e. The molecule has 1 aliphatic rings. The first-order valence-corrected chi connectivity index (χ1v) is 10.7. The summed E-state index contributed by atoms with van der Waals surface area (Å²) in [5.74, 6) is 0.892. The number of imidazole rings is 1. The molecule has 6 nitrogen and oxygen atoms in total. The lowest BCUT2D eigenvalue weighted by atomic mass is 9.98. The molecular formula is C22H22FN3O3S. The maximum Gasteiger partial charge on any atom is 0.272 e. The Balaban J connectivity index is 1.67. The molecule has 8 heteroatoms. The molecule has 0 spiro atoms. The number of methoxy groups -OCH3 is 2. The molecule has 4 rings (SSSR count). The van der Waals surface area contributed by atoms with Crippen molar-refractivity contribution in [3.05, 3.63) is 65.2 Å². The molecule has 0 saturated carbocycles. The van der Waals surface area contributed by atoms with Gasteiger partial charge in [-0.15, -0.1) is 0 Å². The molecule has 0 radical (unpaired) electrons. The van der Waals surface area contributed by atoms with Crippen LogP contribution in [0.2, 0.25) is 0 Å². The van der Waals surface area contributed by atoms with Crippen LogP contribution in [0.1, 0.15) is 21.6 Å². The van der Waals surface area contributed by atoms with Gasteiger partial charge in [0.1, 0.15) is 11.5 Å². The van der Waals surface area contributed by atoms with Gasteiger partial charge in [0.15, 0.2) is 16.7 Å². The Morgan fingerprint density at radius 2 is 1.77 bits per heavy atom. The zero-order valence-electron chi connectivity index (χ0n) is 17.0. The van der Waals surface area contributed by atoms with Crippen molar-refractivity contribution < 1.29 is 18.7 Å². The number of amides is 1. The standard InChI is InChI=1S/C22H22FN3O3S/c1-28-19-10-14-8-9-25(13-15(14)11-20(19)29-2)21(27)18-12-24-22(30-3)26(18)17-6-4-16(23)5-7-17/h4-7,10-12H,8-9,13H2,1-3H3. The second-order valence-electron chi connectivity index (χ2n) is 6.89. The second kappa shape index (κ2) is 8.39. The lowest BCUT2D eigenvalue weighted by Gasteiger charge is -2.30. The Labute approximate surface area is 178 Å². The predicted molar refractivity (Wildman–Crippen MR) is 113 cm³/mol. The van der Waals surface area contributed by atoms with Crippen molar-refractivity contribution in [2.75, 3.05) is 27.0 Å². The van der Waals surface area contributed by atoms with Crippen LogP contribution < -0.4 is 9.47 Å². The van der Waals surface area contributed by atoms with Crippen molar-refractivity contribution >= 4 is 17.7 Å².